The van der Waals surface area contributed by atoms with Crippen LogP contribution in [0.25, 0.3) is 5.76 Å². The van der Waals surface area contributed by atoms with Crippen molar-refractivity contribution < 1.29 is 38.4 Å². The van der Waals surface area contributed by atoms with Gasteiger partial charge in [-0.2, -0.15) is 0 Å². The van der Waals surface area contributed by atoms with Gasteiger partial charge in [0, 0.05) is 19.2 Å². The molecule has 0 aliphatic carbocycles. The van der Waals surface area contributed by atoms with Crippen LogP contribution in [-0.2, 0) is 14.3 Å². The van der Waals surface area contributed by atoms with E-state index in [-0.39, 0.29) is 24.5 Å². The van der Waals surface area contributed by atoms with Crippen molar-refractivity contribution >= 4 is 17.4 Å². The molecule has 4 rings (SSSR count). The number of benzene rings is 2. The first-order valence-electron chi connectivity index (χ1n) is 12.1. The largest absolute Gasteiger partial charge is 0.507 e. The predicted octanol–water partition coefficient (Wildman–Crippen LogP) is 3.71. The highest BCUT2D eigenvalue weighted by atomic mass is 16.6. The molecule has 9 nitrogen and oxygen atoms in total. The Morgan fingerprint density at radius 2 is 1.78 bits per heavy atom. The fourth-order valence-electron chi connectivity index (χ4n) is 4.29. The van der Waals surface area contributed by atoms with E-state index in [0.29, 0.717) is 60.6 Å². The van der Waals surface area contributed by atoms with E-state index < -0.39 is 17.7 Å². The first-order valence-corrected chi connectivity index (χ1v) is 12.1. The molecule has 1 N–H and O–H groups in total. The third kappa shape index (κ3) is 4.97. The number of aliphatic hydroxyl groups excluding tert-OH is 1. The second-order valence-electron chi connectivity index (χ2n) is 8.33. The number of nitrogens with zero attached hydrogens (tertiary/aromatic N) is 1. The van der Waals surface area contributed by atoms with Gasteiger partial charge in [-0.05, 0) is 49.2 Å². The van der Waals surface area contributed by atoms with Crippen molar-refractivity contribution in [3.63, 3.8) is 0 Å². The van der Waals surface area contributed by atoms with E-state index >= 15 is 0 Å². The maximum Gasteiger partial charge on any atom is 0.295 e. The average molecular weight is 498 g/mol. The molecule has 0 spiro atoms. The minimum absolute atomic E-state index is 0.0162. The number of carbonyl (C=O) groups excluding carboxylic acids is 2. The highest BCUT2D eigenvalue weighted by molar-refractivity contribution is 6.46. The monoisotopic (exact) mass is 497 g/mol. The SMILES string of the molecule is CCCOc1ccc(C2/C(=C(/O)c3ccc4c(c3)OCCO4)C(=O)C(=O)N2CCOC)cc1OCC. The maximum absolute atomic E-state index is 13.2. The van der Waals surface area contributed by atoms with Crippen LogP contribution in [0.3, 0.4) is 0 Å². The zero-order valence-corrected chi connectivity index (χ0v) is 20.7. The van der Waals surface area contributed by atoms with Gasteiger partial charge in [0.1, 0.15) is 19.0 Å². The van der Waals surface area contributed by atoms with E-state index in [9.17, 15) is 14.7 Å². The van der Waals surface area contributed by atoms with Gasteiger partial charge in [-0.1, -0.05) is 13.0 Å². The molecule has 0 aromatic heterocycles. The van der Waals surface area contributed by atoms with Gasteiger partial charge < -0.3 is 33.7 Å². The number of Topliss-reactive ketones (excluding diaryl/α,β-unsaturated/α-hetero) is 1. The van der Waals surface area contributed by atoms with E-state index in [4.69, 9.17) is 23.7 Å². The summed E-state index contributed by atoms with van der Waals surface area (Å²) < 4.78 is 28.0. The van der Waals surface area contributed by atoms with Gasteiger partial charge in [0.25, 0.3) is 11.7 Å². The van der Waals surface area contributed by atoms with Crippen LogP contribution in [0, 0.1) is 0 Å². The van der Waals surface area contributed by atoms with Crippen molar-refractivity contribution in [1.29, 1.82) is 0 Å². The molecular formula is C27H31NO8. The molecule has 1 saturated heterocycles. The van der Waals surface area contributed by atoms with Gasteiger partial charge >= 0.3 is 0 Å². The molecule has 1 atom stereocenters. The zero-order valence-electron chi connectivity index (χ0n) is 20.7. The summed E-state index contributed by atoms with van der Waals surface area (Å²) in [7, 11) is 1.52. The second-order valence-corrected chi connectivity index (χ2v) is 8.33. The molecule has 2 aromatic rings. The normalized spacial score (nSPS) is 18.4. The Hall–Kier alpha value is -3.72. The summed E-state index contributed by atoms with van der Waals surface area (Å²) in [4.78, 5) is 27.7. The quantitative estimate of drug-likeness (QED) is 0.301. The van der Waals surface area contributed by atoms with Crippen LogP contribution < -0.4 is 18.9 Å². The Balaban J connectivity index is 1.82. The topological polar surface area (TPSA) is 104 Å². The maximum atomic E-state index is 13.2. The Labute approximate surface area is 210 Å². The lowest BCUT2D eigenvalue weighted by molar-refractivity contribution is -0.140. The molecule has 2 heterocycles. The number of aliphatic hydroxyl groups is 1. The molecule has 9 heteroatoms. The lowest BCUT2D eigenvalue weighted by atomic mass is 9.94. The van der Waals surface area contributed by atoms with Gasteiger partial charge in [0.15, 0.2) is 23.0 Å². The van der Waals surface area contributed by atoms with Crippen LogP contribution in [0.1, 0.15) is 37.4 Å². The Bertz CT molecular complexity index is 1160. The average Bonchev–Trinajstić information content (AvgIpc) is 3.15. The minimum atomic E-state index is -0.840. The fourth-order valence-corrected chi connectivity index (χ4v) is 4.29. The van der Waals surface area contributed by atoms with Gasteiger partial charge in [0.05, 0.1) is 31.4 Å². The number of ketones is 1. The van der Waals surface area contributed by atoms with Crippen molar-refractivity contribution in [1.82, 2.24) is 4.90 Å². The highest BCUT2D eigenvalue weighted by Gasteiger charge is 2.46. The molecule has 192 valence electrons. The van der Waals surface area contributed by atoms with Gasteiger partial charge in [0.2, 0.25) is 0 Å². The van der Waals surface area contributed by atoms with Crippen LogP contribution in [0.15, 0.2) is 42.0 Å². The van der Waals surface area contributed by atoms with Crippen molar-refractivity contribution in [2.75, 3.05) is 46.7 Å². The van der Waals surface area contributed by atoms with Crippen LogP contribution in [0.2, 0.25) is 0 Å². The number of carbonyl (C=O) groups is 2. The number of amides is 1. The van der Waals surface area contributed by atoms with Crippen LogP contribution in [-0.4, -0.2) is 68.4 Å². The molecule has 1 unspecified atom stereocenters. The van der Waals surface area contributed by atoms with E-state index in [1.165, 1.54) is 12.0 Å². The number of hydrogen-bond acceptors (Lipinski definition) is 8. The first kappa shape index (κ1) is 25.4. The highest BCUT2D eigenvalue weighted by Crippen LogP contribution is 2.43. The molecule has 0 radical (unpaired) electrons. The summed E-state index contributed by atoms with van der Waals surface area (Å²) in [6.45, 7) is 6.02. The second kappa shape index (κ2) is 11.3. The fraction of sp³-hybridized carbons (Fsp3) is 0.407. The molecule has 36 heavy (non-hydrogen) atoms. The number of ether oxygens (including phenoxy) is 5. The summed E-state index contributed by atoms with van der Waals surface area (Å²) in [5, 5.41) is 11.3. The number of methoxy groups -OCH3 is 1. The van der Waals surface area contributed by atoms with Crippen LogP contribution >= 0.6 is 0 Å². The smallest absolute Gasteiger partial charge is 0.295 e. The number of fused-ring (bicyclic) bond motifs is 1. The molecule has 0 bridgehead atoms. The molecule has 1 amide bonds. The summed E-state index contributed by atoms with van der Waals surface area (Å²) in [5.41, 5.74) is 0.941. The third-order valence-corrected chi connectivity index (χ3v) is 5.94. The molecule has 0 saturated carbocycles. The molecule has 2 aliphatic heterocycles. The van der Waals surface area contributed by atoms with Gasteiger partial charge in [-0.15, -0.1) is 0 Å². The predicted molar refractivity (Wildman–Crippen MR) is 132 cm³/mol. The van der Waals surface area contributed by atoms with Crippen LogP contribution in [0.5, 0.6) is 23.0 Å². The van der Waals surface area contributed by atoms with Gasteiger partial charge in [-0.3, -0.25) is 9.59 Å². The Morgan fingerprint density at radius 1 is 1.00 bits per heavy atom. The van der Waals surface area contributed by atoms with Gasteiger partial charge in [-0.25, -0.2) is 0 Å². The molecular weight excluding hydrogens is 466 g/mol. The van der Waals surface area contributed by atoms with E-state index in [0.717, 1.165) is 6.42 Å². The molecule has 1 fully saturated rings. The van der Waals surface area contributed by atoms with E-state index in [1.807, 2.05) is 13.8 Å². The van der Waals surface area contributed by atoms with E-state index in [2.05, 4.69) is 0 Å². The summed E-state index contributed by atoms with van der Waals surface area (Å²) in [6.07, 6.45) is 0.833. The standard InChI is InChI=1S/C27H31NO8/c1-4-11-34-19-8-6-17(15-21(19)33-5-2)24-23(26(30)27(31)28(24)10-12-32-3)25(29)18-7-9-20-22(16-18)36-14-13-35-20/h6-9,15-16,24,29H,4-5,10-14H2,1-3H3/b25-23-. The van der Waals surface area contributed by atoms with Crippen molar-refractivity contribution in [3.05, 3.63) is 53.1 Å². The van der Waals surface area contributed by atoms with E-state index in [1.54, 1.807) is 36.4 Å². The zero-order chi connectivity index (χ0) is 25.7. The number of rotatable bonds is 10. The summed E-state index contributed by atoms with van der Waals surface area (Å²) >= 11 is 0. The summed E-state index contributed by atoms with van der Waals surface area (Å²) in [5.74, 6) is 0.321. The van der Waals surface area contributed by atoms with Crippen LogP contribution in [0.4, 0.5) is 0 Å². The van der Waals surface area contributed by atoms with Crippen molar-refractivity contribution in [3.8, 4) is 23.0 Å². The number of likely N-dealkylation sites (tertiary alicyclic amines) is 1. The lowest BCUT2D eigenvalue weighted by Crippen LogP contribution is -2.32. The first-order chi connectivity index (χ1) is 17.5. The summed E-state index contributed by atoms with van der Waals surface area (Å²) in [6, 6.07) is 9.37. The molecule has 2 aromatic carbocycles. The minimum Gasteiger partial charge on any atom is -0.507 e. The van der Waals surface area contributed by atoms with Crippen molar-refractivity contribution in [2.24, 2.45) is 0 Å². The van der Waals surface area contributed by atoms with Crippen molar-refractivity contribution in [2.45, 2.75) is 26.3 Å². The lowest BCUT2D eigenvalue weighted by Gasteiger charge is -2.26. The number of hydrogen-bond donors (Lipinski definition) is 1. The Morgan fingerprint density at radius 3 is 2.50 bits per heavy atom. The third-order valence-electron chi connectivity index (χ3n) is 5.94. The Kier molecular flexibility index (Phi) is 8.00. The molecule has 2 aliphatic rings.